The predicted molar refractivity (Wildman–Crippen MR) is 105 cm³/mol. The standard InChI is InChI=1S/C20H18ClN3O2/c1-13-10-19(24(25)26)8-9-20(13)22-12-16-11-14(2)23(15(16)3)18-6-4-17(21)5-7-18/h4-12H,1-3H3. The molecular formula is C20H18ClN3O2. The molecule has 0 bridgehead atoms. The molecule has 0 saturated heterocycles. The van der Waals surface area contributed by atoms with E-state index in [0.717, 1.165) is 28.2 Å². The van der Waals surface area contributed by atoms with Gasteiger partial charge in [0.15, 0.2) is 0 Å². The number of halogens is 1. The Kier molecular flexibility index (Phi) is 4.91. The van der Waals surface area contributed by atoms with Crippen molar-refractivity contribution in [2.75, 3.05) is 0 Å². The van der Waals surface area contributed by atoms with Crippen LogP contribution in [0, 0.1) is 30.9 Å². The number of nitrogens with zero attached hydrogens (tertiary/aromatic N) is 3. The maximum absolute atomic E-state index is 10.8. The Hall–Kier alpha value is -2.92. The molecule has 6 heteroatoms. The highest BCUT2D eigenvalue weighted by molar-refractivity contribution is 6.30. The number of rotatable bonds is 4. The Labute approximate surface area is 156 Å². The fourth-order valence-corrected chi connectivity index (χ4v) is 3.07. The smallest absolute Gasteiger partial charge is 0.269 e. The van der Waals surface area contributed by atoms with Crippen LogP contribution >= 0.6 is 11.6 Å². The third-order valence-corrected chi connectivity index (χ3v) is 4.54. The third-order valence-electron chi connectivity index (χ3n) is 4.29. The van der Waals surface area contributed by atoms with Crippen molar-refractivity contribution in [3.8, 4) is 5.69 Å². The number of hydrogen-bond donors (Lipinski definition) is 0. The first-order valence-corrected chi connectivity index (χ1v) is 8.48. The van der Waals surface area contributed by atoms with Crippen LogP contribution in [0.2, 0.25) is 5.02 Å². The molecule has 0 spiro atoms. The summed E-state index contributed by atoms with van der Waals surface area (Å²) in [5, 5.41) is 11.5. The molecule has 0 radical (unpaired) electrons. The van der Waals surface area contributed by atoms with Crippen molar-refractivity contribution in [3.05, 3.63) is 86.2 Å². The number of aliphatic imine (C=N–C) groups is 1. The maximum atomic E-state index is 10.8. The van der Waals surface area contributed by atoms with E-state index < -0.39 is 4.92 Å². The Bertz CT molecular complexity index is 1000. The van der Waals surface area contributed by atoms with Gasteiger partial charge in [-0.15, -0.1) is 0 Å². The van der Waals surface area contributed by atoms with Crippen LogP contribution in [-0.2, 0) is 0 Å². The summed E-state index contributed by atoms with van der Waals surface area (Å²) in [6.07, 6.45) is 1.79. The fourth-order valence-electron chi connectivity index (χ4n) is 2.94. The van der Waals surface area contributed by atoms with E-state index in [1.54, 1.807) is 12.3 Å². The normalized spacial score (nSPS) is 11.2. The van der Waals surface area contributed by atoms with Crippen LogP contribution in [0.4, 0.5) is 11.4 Å². The summed E-state index contributed by atoms with van der Waals surface area (Å²) in [5.74, 6) is 0. The molecule has 0 unspecified atom stereocenters. The summed E-state index contributed by atoms with van der Waals surface area (Å²) < 4.78 is 2.14. The Morgan fingerprint density at radius 3 is 2.38 bits per heavy atom. The van der Waals surface area contributed by atoms with Crippen LogP contribution in [0.5, 0.6) is 0 Å². The molecule has 0 amide bonds. The summed E-state index contributed by atoms with van der Waals surface area (Å²) >= 11 is 5.97. The molecule has 0 saturated carbocycles. The van der Waals surface area contributed by atoms with E-state index in [9.17, 15) is 10.1 Å². The van der Waals surface area contributed by atoms with Gasteiger partial charge in [-0.1, -0.05) is 11.6 Å². The van der Waals surface area contributed by atoms with E-state index in [2.05, 4.69) is 15.6 Å². The van der Waals surface area contributed by atoms with Crippen molar-refractivity contribution in [2.45, 2.75) is 20.8 Å². The van der Waals surface area contributed by atoms with Gasteiger partial charge < -0.3 is 4.57 Å². The van der Waals surface area contributed by atoms with E-state index in [-0.39, 0.29) is 5.69 Å². The molecule has 132 valence electrons. The van der Waals surface area contributed by atoms with Gasteiger partial charge in [0, 0.05) is 46.0 Å². The minimum absolute atomic E-state index is 0.0716. The molecule has 26 heavy (non-hydrogen) atoms. The molecule has 2 aromatic carbocycles. The zero-order valence-electron chi connectivity index (χ0n) is 14.7. The number of nitro benzene ring substituents is 1. The SMILES string of the molecule is Cc1cc([N+](=O)[O-])ccc1N=Cc1cc(C)n(-c2ccc(Cl)cc2)c1C. The lowest BCUT2D eigenvalue weighted by Crippen LogP contribution is -1.99. The molecule has 0 aliphatic carbocycles. The zero-order chi connectivity index (χ0) is 18.8. The molecular weight excluding hydrogens is 350 g/mol. The van der Waals surface area contributed by atoms with Crippen LogP contribution in [0.15, 0.2) is 53.5 Å². The first kappa shape index (κ1) is 17.9. The van der Waals surface area contributed by atoms with Crippen LogP contribution in [0.3, 0.4) is 0 Å². The van der Waals surface area contributed by atoms with Crippen molar-refractivity contribution in [2.24, 2.45) is 4.99 Å². The van der Waals surface area contributed by atoms with Crippen molar-refractivity contribution in [1.82, 2.24) is 4.57 Å². The van der Waals surface area contributed by atoms with Crippen molar-refractivity contribution >= 4 is 29.2 Å². The fraction of sp³-hybridized carbons (Fsp3) is 0.150. The Morgan fingerprint density at radius 2 is 1.77 bits per heavy atom. The highest BCUT2D eigenvalue weighted by atomic mass is 35.5. The second-order valence-corrected chi connectivity index (χ2v) is 6.56. The summed E-state index contributed by atoms with van der Waals surface area (Å²) in [6.45, 7) is 5.89. The van der Waals surface area contributed by atoms with Crippen molar-refractivity contribution in [3.63, 3.8) is 0 Å². The minimum atomic E-state index is -0.403. The number of benzene rings is 2. The second-order valence-electron chi connectivity index (χ2n) is 6.12. The van der Waals surface area contributed by atoms with E-state index in [1.165, 1.54) is 12.1 Å². The number of aryl methyl sites for hydroxylation is 2. The summed E-state index contributed by atoms with van der Waals surface area (Å²) in [7, 11) is 0. The minimum Gasteiger partial charge on any atom is -0.318 e. The lowest BCUT2D eigenvalue weighted by molar-refractivity contribution is -0.384. The summed E-state index contributed by atoms with van der Waals surface area (Å²) in [4.78, 5) is 15.0. The van der Waals surface area contributed by atoms with Crippen molar-refractivity contribution in [1.29, 1.82) is 0 Å². The predicted octanol–water partition coefficient (Wildman–Crippen LogP) is 5.71. The van der Waals surface area contributed by atoms with Gasteiger partial charge in [-0.2, -0.15) is 0 Å². The number of hydrogen-bond acceptors (Lipinski definition) is 3. The zero-order valence-corrected chi connectivity index (χ0v) is 15.5. The van der Waals surface area contributed by atoms with Crippen LogP contribution < -0.4 is 0 Å². The number of non-ortho nitro benzene ring substituents is 1. The Morgan fingerprint density at radius 1 is 1.08 bits per heavy atom. The molecule has 0 aliphatic heterocycles. The molecule has 3 rings (SSSR count). The van der Waals surface area contributed by atoms with Crippen molar-refractivity contribution < 1.29 is 4.92 Å². The summed E-state index contributed by atoms with van der Waals surface area (Å²) in [6, 6.07) is 14.4. The van der Waals surface area contributed by atoms with Gasteiger partial charge in [-0.25, -0.2) is 0 Å². The average Bonchev–Trinajstić information content (AvgIpc) is 2.88. The first-order valence-electron chi connectivity index (χ1n) is 8.11. The van der Waals surface area contributed by atoms with Crippen LogP contribution in [0.25, 0.3) is 5.69 Å². The van der Waals surface area contributed by atoms with Gasteiger partial charge in [0.25, 0.3) is 5.69 Å². The highest BCUT2D eigenvalue weighted by Crippen LogP contribution is 2.25. The van der Waals surface area contributed by atoms with Gasteiger partial charge in [-0.05, 0) is 62.7 Å². The molecule has 1 aromatic heterocycles. The van der Waals surface area contributed by atoms with Gasteiger partial charge >= 0.3 is 0 Å². The van der Waals surface area contributed by atoms with Gasteiger partial charge in [0.2, 0.25) is 0 Å². The van der Waals surface area contributed by atoms with Crippen LogP contribution in [0.1, 0.15) is 22.5 Å². The maximum Gasteiger partial charge on any atom is 0.269 e. The monoisotopic (exact) mass is 367 g/mol. The first-order chi connectivity index (χ1) is 12.4. The Balaban J connectivity index is 1.94. The topological polar surface area (TPSA) is 60.4 Å². The number of nitro groups is 1. The molecule has 0 fully saturated rings. The summed E-state index contributed by atoms with van der Waals surface area (Å²) in [5.41, 5.74) is 5.74. The van der Waals surface area contributed by atoms with Crippen LogP contribution in [-0.4, -0.2) is 15.7 Å². The van der Waals surface area contributed by atoms with Gasteiger partial charge in [0.1, 0.15) is 0 Å². The van der Waals surface area contributed by atoms with E-state index in [4.69, 9.17) is 11.6 Å². The second kappa shape index (κ2) is 7.14. The van der Waals surface area contributed by atoms with Gasteiger partial charge in [-0.3, -0.25) is 15.1 Å². The van der Waals surface area contributed by atoms with E-state index in [0.29, 0.717) is 10.7 Å². The molecule has 0 aliphatic rings. The highest BCUT2D eigenvalue weighted by Gasteiger charge is 2.10. The molecule has 0 atom stereocenters. The molecule has 0 N–H and O–H groups in total. The third kappa shape index (κ3) is 3.53. The quantitative estimate of drug-likeness (QED) is 0.336. The molecule has 5 nitrogen and oxygen atoms in total. The van der Waals surface area contributed by atoms with E-state index >= 15 is 0 Å². The van der Waals surface area contributed by atoms with E-state index in [1.807, 2.05) is 45.0 Å². The largest absolute Gasteiger partial charge is 0.318 e. The lowest BCUT2D eigenvalue weighted by Gasteiger charge is -2.09. The molecule has 3 aromatic rings. The average molecular weight is 368 g/mol. The number of aromatic nitrogens is 1. The lowest BCUT2D eigenvalue weighted by atomic mass is 10.2. The molecule has 1 heterocycles. The van der Waals surface area contributed by atoms with Gasteiger partial charge in [0.05, 0.1) is 10.6 Å².